The molecular formula is C9H18N2O3. The van der Waals surface area contributed by atoms with Crippen molar-refractivity contribution in [1.29, 1.82) is 0 Å². The number of amides is 1. The summed E-state index contributed by atoms with van der Waals surface area (Å²) in [6, 6.07) is 0. The van der Waals surface area contributed by atoms with Crippen LogP contribution in [-0.2, 0) is 4.84 Å². The Bertz CT molecular complexity index is 194. The number of carbonyl (C=O) groups is 1. The summed E-state index contributed by atoms with van der Waals surface area (Å²) in [5.74, 6) is 0.262. The third-order valence-corrected chi connectivity index (χ3v) is 1.56. The van der Waals surface area contributed by atoms with E-state index in [2.05, 4.69) is 17.4 Å². The van der Waals surface area contributed by atoms with Crippen LogP contribution in [0.3, 0.4) is 0 Å². The smallest absolute Gasteiger partial charge is 0.404 e. The quantitative estimate of drug-likeness (QED) is 0.430. The van der Waals surface area contributed by atoms with Gasteiger partial charge in [0.1, 0.15) is 0 Å². The Hall–Kier alpha value is -1.23. The maximum Gasteiger partial charge on any atom is 0.404 e. The predicted octanol–water partition coefficient (Wildman–Crippen LogP) is 1.34. The number of allylic oxidation sites excluding steroid dienone is 1. The Labute approximate surface area is 84.1 Å². The zero-order valence-electron chi connectivity index (χ0n) is 8.67. The Balaban J connectivity index is 3.30. The lowest BCUT2D eigenvalue weighted by atomic mass is 10.1. The SMILES string of the molecule is C=C(C)NOCC[C@H](C)CNC(=O)O. The average Bonchev–Trinajstić information content (AvgIpc) is 2.08. The van der Waals surface area contributed by atoms with Crippen molar-refractivity contribution in [2.24, 2.45) is 5.92 Å². The van der Waals surface area contributed by atoms with E-state index in [9.17, 15) is 4.79 Å². The molecule has 0 aromatic heterocycles. The Kier molecular flexibility index (Phi) is 6.57. The van der Waals surface area contributed by atoms with Gasteiger partial charge in [-0.15, -0.1) is 0 Å². The summed E-state index contributed by atoms with van der Waals surface area (Å²) in [5.41, 5.74) is 3.39. The fourth-order valence-electron chi connectivity index (χ4n) is 0.798. The summed E-state index contributed by atoms with van der Waals surface area (Å²) in [6.07, 6.45) is -0.196. The summed E-state index contributed by atoms with van der Waals surface area (Å²) in [6.45, 7) is 8.35. The van der Waals surface area contributed by atoms with Crippen molar-refractivity contribution in [2.75, 3.05) is 13.2 Å². The van der Waals surface area contributed by atoms with E-state index in [1.807, 2.05) is 6.92 Å². The molecule has 0 heterocycles. The minimum atomic E-state index is -0.988. The van der Waals surface area contributed by atoms with Gasteiger partial charge in [-0.2, -0.15) is 0 Å². The fraction of sp³-hybridized carbons (Fsp3) is 0.667. The number of nitrogens with one attached hydrogen (secondary N) is 2. The van der Waals surface area contributed by atoms with Crippen LogP contribution in [0.5, 0.6) is 0 Å². The normalized spacial score (nSPS) is 11.9. The van der Waals surface area contributed by atoms with Gasteiger partial charge in [0.15, 0.2) is 0 Å². The highest BCUT2D eigenvalue weighted by Gasteiger charge is 2.03. The molecule has 0 spiro atoms. The first-order chi connectivity index (χ1) is 6.52. The van der Waals surface area contributed by atoms with Crippen LogP contribution in [0.1, 0.15) is 20.3 Å². The molecule has 3 N–H and O–H groups in total. The number of carboxylic acid groups (broad SMARTS) is 1. The first-order valence-corrected chi connectivity index (χ1v) is 4.52. The summed E-state index contributed by atoms with van der Waals surface area (Å²) < 4.78 is 0. The molecule has 5 nitrogen and oxygen atoms in total. The van der Waals surface area contributed by atoms with Crippen LogP contribution in [-0.4, -0.2) is 24.4 Å². The van der Waals surface area contributed by atoms with Crippen molar-refractivity contribution in [1.82, 2.24) is 10.8 Å². The zero-order valence-corrected chi connectivity index (χ0v) is 8.67. The lowest BCUT2D eigenvalue weighted by Crippen LogP contribution is -2.27. The van der Waals surface area contributed by atoms with Crippen LogP contribution >= 0.6 is 0 Å². The standard InChI is InChI=1S/C9H18N2O3/c1-7(2)11-14-5-4-8(3)6-10-9(12)13/h8,10-11H,1,4-6H2,2-3H3,(H,12,13)/t8-/m0/s1. The minimum absolute atomic E-state index is 0.262. The summed E-state index contributed by atoms with van der Waals surface area (Å²) in [4.78, 5) is 15.2. The molecule has 1 atom stereocenters. The molecule has 0 radical (unpaired) electrons. The van der Waals surface area contributed by atoms with Gasteiger partial charge in [-0.25, -0.2) is 4.79 Å². The molecule has 0 aliphatic carbocycles. The second-order valence-electron chi connectivity index (χ2n) is 3.31. The maximum atomic E-state index is 10.2. The summed E-state index contributed by atoms with van der Waals surface area (Å²) in [7, 11) is 0. The van der Waals surface area contributed by atoms with Gasteiger partial charge in [-0.05, 0) is 19.3 Å². The molecule has 0 unspecified atom stereocenters. The molecule has 1 amide bonds. The van der Waals surface area contributed by atoms with E-state index < -0.39 is 6.09 Å². The molecule has 0 aliphatic rings. The summed E-state index contributed by atoms with van der Waals surface area (Å²) in [5, 5.41) is 10.7. The van der Waals surface area contributed by atoms with Crippen molar-refractivity contribution in [2.45, 2.75) is 20.3 Å². The van der Waals surface area contributed by atoms with Gasteiger partial charge in [0, 0.05) is 12.2 Å². The third kappa shape index (κ3) is 8.86. The number of hydrogen-bond donors (Lipinski definition) is 3. The van der Waals surface area contributed by atoms with Crippen molar-refractivity contribution in [3.8, 4) is 0 Å². The van der Waals surface area contributed by atoms with Crippen molar-refractivity contribution in [3.63, 3.8) is 0 Å². The first-order valence-electron chi connectivity index (χ1n) is 4.52. The number of hydroxylamine groups is 1. The monoisotopic (exact) mass is 202 g/mol. The van der Waals surface area contributed by atoms with Crippen LogP contribution in [0.2, 0.25) is 0 Å². The van der Waals surface area contributed by atoms with Crippen molar-refractivity contribution in [3.05, 3.63) is 12.3 Å². The molecule has 0 bridgehead atoms. The number of rotatable bonds is 7. The lowest BCUT2D eigenvalue weighted by Gasteiger charge is -2.11. The van der Waals surface area contributed by atoms with Crippen LogP contribution in [0, 0.1) is 5.92 Å². The Morgan fingerprint density at radius 1 is 1.64 bits per heavy atom. The molecule has 14 heavy (non-hydrogen) atoms. The van der Waals surface area contributed by atoms with E-state index in [0.717, 1.165) is 12.1 Å². The fourth-order valence-corrected chi connectivity index (χ4v) is 0.798. The van der Waals surface area contributed by atoms with Gasteiger partial charge < -0.3 is 10.4 Å². The highest BCUT2D eigenvalue weighted by molar-refractivity contribution is 5.64. The molecule has 0 fully saturated rings. The van der Waals surface area contributed by atoms with E-state index in [1.165, 1.54) is 0 Å². The van der Waals surface area contributed by atoms with Crippen LogP contribution in [0.15, 0.2) is 12.3 Å². The first kappa shape index (κ1) is 12.8. The lowest BCUT2D eigenvalue weighted by molar-refractivity contribution is 0.0544. The van der Waals surface area contributed by atoms with E-state index in [-0.39, 0.29) is 5.92 Å². The molecule has 0 aromatic carbocycles. The number of hydrogen-bond acceptors (Lipinski definition) is 3. The van der Waals surface area contributed by atoms with E-state index in [4.69, 9.17) is 9.94 Å². The van der Waals surface area contributed by atoms with Crippen LogP contribution in [0.4, 0.5) is 4.79 Å². The van der Waals surface area contributed by atoms with Crippen LogP contribution in [0.25, 0.3) is 0 Å². The van der Waals surface area contributed by atoms with Gasteiger partial charge in [-0.1, -0.05) is 13.5 Å². The Morgan fingerprint density at radius 3 is 2.79 bits per heavy atom. The highest BCUT2D eigenvalue weighted by atomic mass is 16.6. The van der Waals surface area contributed by atoms with Gasteiger partial charge in [0.05, 0.1) is 6.61 Å². The van der Waals surface area contributed by atoms with Gasteiger partial charge in [0.25, 0.3) is 0 Å². The van der Waals surface area contributed by atoms with E-state index in [1.54, 1.807) is 6.92 Å². The third-order valence-electron chi connectivity index (χ3n) is 1.56. The van der Waals surface area contributed by atoms with Gasteiger partial charge >= 0.3 is 6.09 Å². The molecule has 0 aromatic rings. The summed E-state index contributed by atoms with van der Waals surface area (Å²) >= 11 is 0. The van der Waals surface area contributed by atoms with Gasteiger partial charge in [0.2, 0.25) is 0 Å². The van der Waals surface area contributed by atoms with Gasteiger partial charge in [-0.3, -0.25) is 10.3 Å². The zero-order chi connectivity index (χ0) is 11.0. The highest BCUT2D eigenvalue weighted by Crippen LogP contribution is 1.99. The Morgan fingerprint density at radius 2 is 2.29 bits per heavy atom. The molecule has 0 saturated carbocycles. The molecule has 0 aliphatic heterocycles. The molecular weight excluding hydrogens is 184 g/mol. The molecule has 5 heteroatoms. The van der Waals surface area contributed by atoms with E-state index in [0.29, 0.717) is 13.2 Å². The second-order valence-corrected chi connectivity index (χ2v) is 3.31. The maximum absolute atomic E-state index is 10.2. The molecule has 82 valence electrons. The van der Waals surface area contributed by atoms with Crippen LogP contribution < -0.4 is 10.8 Å². The minimum Gasteiger partial charge on any atom is -0.465 e. The predicted molar refractivity (Wildman–Crippen MR) is 53.7 cm³/mol. The largest absolute Gasteiger partial charge is 0.465 e. The van der Waals surface area contributed by atoms with Crippen molar-refractivity contribution < 1.29 is 14.7 Å². The second kappa shape index (κ2) is 7.20. The van der Waals surface area contributed by atoms with E-state index >= 15 is 0 Å². The molecule has 0 saturated heterocycles. The topological polar surface area (TPSA) is 70.6 Å². The van der Waals surface area contributed by atoms with Crippen molar-refractivity contribution >= 4 is 6.09 Å². The average molecular weight is 202 g/mol. The molecule has 0 rings (SSSR count).